The molecule has 0 radical (unpaired) electrons. The van der Waals surface area contributed by atoms with Crippen molar-refractivity contribution in [1.82, 2.24) is 9.78 Å². The van der Waals surface area contributed by atoms with Crippen molar-refractivity contribution < 1.29 is 8.42 Å². The Hall–Kier alpha value is -1.66. The van der Waals surface area contributed by atoms with Gasteiger partial charge in [0, 0.05) is 0 Å². The van der Waals surface area contributed by atoms with E-state index < -0.39 is 10.0 Å². The van der Waals surface area contributed by atoms with Crippen LogP contribution in [0, 0.1) is 13.8 Å². The van der Waals surface area contributed by atoms with E-state index in [0.717, 1.165) is 5.69 Å². The number of benzene rings is 1. The average molecular weight is 251 g/mol. The molecule has 0 unspecified atom stereocenters. The van der Waals surface area contributed by atoms with Crippen molar-refractivity contribution in [2.75, 3.05) is 0 Å². The quantitative estimate of drug-likeness (QED) is 0.869. The molecule has 0 saturated heterocycles. The molecule has 6 heteroatoms. The van der Waals surface area contributed by atoms with Gasteiger partial charge >= 0.3 is 0 Å². The third-order valence-electron chi connectivity index (χ3n) is 2.51. The second-order valence-corrected chi connectivity index (χ2v) is 5.29. The molecule has 0 aliphatic rings. The van der Waals surface area contributed by atoms with E-state index in [2.05, 4.69) is 5.10 Å². The first-order chi connectivity index (χ1) is 7.91. The van der Waals surface area contributed by atoms with E-state index >= 15 is 0 Å². The molecule has 2 N–H and O–H groups in total. The Morgan fingerprint density at radius 3 is 2.24 bits per heavy atom. The van der Waals surface area contributed by atoms with Gasteiger partial charge in [0.15, 0.2) is 0 Å². The van der Waals surface area contributed by atoms with Crippen molar-refractivity contribution in [3.05, 3.63) is 41.7 Å². The predicted molar refractivity (Wildman–Crippen MR) is 64.4 cm³/mol. The summed E-state index contributed by atoms with van der Waals surface area (Å²) in [5.74, 6) is 0. The summed E-state index contributed by atoms with van der Waals surface area (Å²) in [6.07, 6.45) is 0. The van der Waals surface area contributed by atoms with Crippen LogP contribution in [0.25, 0.3) is 5.69 Å². The topological polar surface area (TPSA) is 78.0 Å². The molecular weight excluding hydrogens is 238 g/mol. The van der Waals surface area contributed by atoms with E-state index in [1.807, 2.05) is 30.3 Å². The Kier molecular flexibility index (Phi) is 2.76. The Morgan fingerprint density at radius 2 is 1.76 bits per heavy atom. The third kappa shape index (κ3) is 2.09. The van der Waals surface area contributed by atoms with Crippen molar-refractivity contribution in [1.29, 1.82) is 0 Å². The van der Waals surface area contributed by atoms with Gasteiger partial charge in [-0.25, -0.2) is 18.2 Å². The molecule has 5 nitrogen and oxygen atoms in total. The minimum Gasteiger partial charge on any atom is -0.236 e. The van der Waals surface area contributed by atoms with Gasteiger partial charge in [0.1, 0.15) is 4.90 Å². The molecule has 1 heterocycles. The van der Waals surface area contributed by atoms with E-state index in [4.69, 9.17) is 5.14 Å². The number of rotatable bonds is 2. The molecule has 1 aromatic carbocycles. The van der Waals surface area contributed by atoms with Gasteiger partial charge in [-0.2, -0.15) is 5.10 Å². The lowest BCUT2D eigenvalue weighted by Crippen LogP contribution is -2.14. The summed E-state index contributed by atoms with van der Waals surface area (Å²) in [5, 5.41) is 9.37. The first-order valence-corrected chi connectivity index (χ1v) is 6.60. The molecule has 90 valence electrons. The van der Waals surface area contributed by atoms with Crippen molar-refractivity contribution in [2.24, 2.45) is 5.14 Å². The highest BCUT2D eigenvalue weighted by Crippen LogP contribution is 2.20. The van der Waals surface area contributed by atoms with Gasteiger partial charge in [0.2, 0.25) is 10.0 Å². The highest BCUT2D eigenvalue weighted by atomic mass is 32.2. The third-order valence-corrected chi connectivity index (χ3v) is 3.67. The fourth-order valence-corrected chi connectivity index (χ4v) is 2.81. The molecule has 0 atom stereocenters. The number of para-hydroxylation sites is 1. The van der Waals surface area contributed by atoms with Crippen LogP contribution in [0.4, 0.5) is 0 Å². The first kappa shape index (κ1) is 11.8. The standard InChI is InChI=1S/C11H13N3O2S/c1-8-11(17(12,15)16)9(2)14(13-8)10-6-4-3-5-7-10/h3-7H,1-2H3,(H2,12,15,16). The number of sulfonamides is 1. The summed E-state index contributed by atoms with van der Waals surface area (Å²) in [5.41, 5.74) is 1.74. The lowest BCUT2D eigenvalue weighted by atomic mass is 10.3. The van der Waals surface area contributed by atoms with Crippen LogP contribution in [0.3, 0.4) is 0 Å². The van der Waals surface area contributed by atoms with Crippen LogP contribution in [0.15, 0.2) is 35.2 Å². The molecule has 0 amide bonds. The maximum absolute atomic E-state index is 11.4. The van der Waals surface area contributed by atoms with E-state index in [-0.39, 0.29) is 4.90 Å². The number of hydrogen-bond donors (Lipinski definition) is 1. The van der Waals surface area contributed by atoms with E-state index in [0.29, 0.717) is 11.4 Å². The van der Waals surface area contributed by atoms with E-state index in [9.17, 15) is 8.42 Å². The van der Waals surface area contributed by atoms with Crippen LogP contribution in [0.2, 0.25) is 0 Å². The summed E-state index contributed by atoms with van der Waals surface area (Å²) in [6.45, 7) is 3.32. The number of primary sulfonamides is 1. The van der Waals surface area contributed by atoms with Crippen molar-refractivity contribution in [3.8, 4) is 5.69 Å². The van der Waals surface area contributed by atoms with Crippen molar-refractivity contribution in [2.45, 2.75) is 18.7 Å². The molecule has 0 aliphatic heterocycles. The molecule has 2 rings (SSSR count). The molecule has 0 aliphatic carbocycles. The van der Waals surface area contributed by atoms with Crippen molar-refractivity contribution in [3.63, 3.8) is 0 Å². The molecule has 0 fully saturated rings. The summed E-state index contributed by atoms with van der Waals surface area (Å²) in [7, 11) is -3.73. The largest absolute Gasteiger partial charge is 0.241 e. The Labute approximate surface area is 99.9 Å². The maximum atomic E-state index is 11.4. The Morgan fingerprint density at radius 1 is 1.18 bits per heavy atom. The van der Waals surface area contributed by atoms with Gasteiger partial charge in [0.05, 0.1) is 17.1 Å². The van der Waals surface area contributed by atoms with Gasteiger partial charge in [-0.1, -0.05) is 18.2 Å². The van der Waals surface area contributed by atoms with Gasteiger partial charge in [-0.15, -0.1) is 0 Å². The number of aryl methyl sites for hydroxylation is 1. The molecule has 0 bridgehead atoms. The summed E-state index contributed by atoms with van der Waals surface area (Å²) in [6, 6.07) is 9.32. The summed E-state index contributed by atoms with van der Waals surface area (Å²) in [4.78, 5) is 0.0985. The highest BCUT2D eigenvalue weighted by molar-refractivity contribution is 7.89. The lowest BCUT2D eigenvalue weighted by Gasteiger charge is -2.03. The summed E-state index contributed by atoms with van der Waals surface area (Å²) >= 11 is 0. The minimum atomic E-state index is -3.73. The van der Waals surface area contributed by atoms with Crippen molar-refractivity contribution >= 4 is 10.0 Å². The maximum Gasteiger partial charge on any atom is 0.241 e. The lowest BCUT2D eigenvalue weighted by molar-refractivity contribution is 0.596. The van der Waals surface area contributed by atoms with Crippen LogP contribution in [-0.4, -0.2) is 18.2 Å². The number of nitrogens with zero attached hydrogens (tertiary/aromatic N) is 2. The smallest absolute Gasteiger partial charge is 0.236 e. The highest BCUT2D eigenvalue weighted by Gasteiger charge is 2.21. The summed E-state index contributed by atoms with van der Waals surface area (Å²) < 4.78 is 24.5. The Bertz CT molecular complexity index is 645. The van der Waals surface area contributed by atoms with E-state index in [1.165, 1.54) is 0 Å². The first-order valence-electron chi connectivity index (χ1n) is 5.05. The minimum absolute atomic E-state index is 0.0985. The van der Waals surface area contributed by atoms with Gasteiger partial charge in [0.25, 0.3) is 0 Å². The fraction of sp³-hybridized carbons (Fsp3) is 0.182. The number of aromatic nitrogens is 2. The predicted octanol–water partition coefficient (Wildman–Crippen LogP) is 1.14. The number of hydrogen-bond acceptors (Lipinski definition) is 3. The van der Waals surface area contributed by atoms with Gasteiger partial charge < -0.3 is 0 Å². The zero-order valence-electron chi connectivity index (χ0n) is 9.58. The second kappa shape index (κ2) is 3.97. The van der Waals surface area contributed by atoms with Gasteiger partial charge in [-0.05, 0) is 26.0 Å². The zero-order chi connectivity index (χ0) is 12.6. The van der Waals surface area contributed by atoms with Gasteiger partial charge in [-0.3, -0.25) is 0 Å². The molecule has 1 aromatic heterocycles. The monoisotopic (exact) mass is 251 g/mol. The number of nitrogens with two attached hydrogens (primary N) is 1. The second-order valence-electron chi connectivity index (χ2n) is 3.79. The molecule has 2 aromatic rings. The molecule has 17 heavy (non-hydrogen) atoms. The molecule has 0 spiro atoms. The normalized spacial score (nSPS) is 11.7. The Balaban J connectivity index is 2.69. The van der Waals surface area contributed by atoms with Crippen LogP contribution in [-0.2, 0) is 10.0 Å². The average Bonchev–Trinajstić information content (AvgIpc) is 2.54. The van der Waals surface area contributed by atoms with Crippen LogP contribution >= 0.6 is 0 Å². The molecular formula is C11H13N3O2S. The van der Waals surface area contributed by atoms with Crippen LogP contribution in [0.1, 0.15) is 11.4 Å². The fourth-order valence-electron chi connectivity index (χ4n) is 1.86. The molecule has 0 saturated carbocycles. The zero-order valence-corrected chi connectivity index (χ0v) is 10.4. The van der Waals surface area contributed by atoms with Crippen LogP contribution < -0.4 is 5.14 Å². The van der Waals surface area contributed by atoms with E-state index in [1.54, 1.807) is 18.5 Å². The van der Waals surface area contributed by atoms with Crippen LogP contribution in [0.5, 0.6) is 0 Å². The SMILES string of the molecule is Cc1nn(-c2ccccc2)c(C)c1S(N)(=O)=O.